The smallest absolute Gasteiger partial charge is 0.185 e. The van der Waals surface area contributed by atoms with Crippen LogP contribution in [0.3, 0.4) is 0 Å². The first-order valence-corrected chi connectivity index (χ1v) is 12.7. The van der Waals surface area contributed by atoms with Gasteiger partial charge in [-0.05, 0) is 85.0 Å². The maximum absolute atomic E-state index is 12.6. The quantitative estimate of drug-likeness (QED) is 0.105. The van der Waals surface area contributed by atoms with E-state index in [-0.39, 0.29) is 11.6 Å². The Labute approximate surface area is 234 Å². The van der Waals surface area contributed by atoms with Crippen LogP contribution < -0.4 is 18.9 Å². The van der Waals surface area contributed by atoms with Gasteiger partial charge < -0.3 is 18.9 Å². The van der Waals surface area contributed by atoms with Crippen molar-refractivity contribution < 1.29 is 28.5 Å². The van der Waals surface area contributed by atoms with Crippen molar-refractivity contribution in [1.82, 2.24) is 0 Å². The second-order valence-corrected chi connectivity index (χ2v) is 8.62. The Kier molecular flexibility index (Phi) is 9.89. The van der Waals surface area contributed by atoms with Gasteiger partial charge in [-0.3, -0.25) is 9.59 Å². The summed E-state index contributed by atoms with van der Waals surface area (Å²) >= 11 is 0. The fraction of sp³-hybridized carbons (Fsp3) is 0.118. The summed E-state index contributed by atoms with van der Waals surface area (Å²) < 4.78 is 22.2. The first-order chi connectivity index (χ1) is 19.6. The Morgan fingerprint density at radius 2 is 0.925 bits per heavy atom. The van der Waals surface area contributed by atoms with Gasteiger partial charge >= 0.3 is 0 Å². The SMILES string of the molecule is COc1ccc(C(=O)/C=C/c2ccccc2OCCOc2ccccc2/C=C/C(=O)c2ccc(OC)cc2)cc1. The summed E-state index contributed by atoms with van der Waals surface area (Å²) in [4.78, 5) is 25.1. The Bertz CT molecular complexity index is 1370. The van der Waals surface area contributed by atoms with Crippen LogP contribution in [0.1, 0.15) is 31.8 Å². The van der Waals surface area contributed by atoms with Gasteiger partial charge in [0, 0.05) is 22.3 Å². The molecule has 0 spiro atoms. The minimum atomic E-state index is -0.115. The van der Waals surface area contributed by atoms with Crippen molar-refractivity contribution >= 4 is 23.7 Å². The summed E-state index contributed by atoms with van der Waals surface area (Å²) in [5.41, 5.74) is 2.71. The second kappa shape index (κ2) is 14.2. The van der Waals surface area contributed by atoms with Gasteiger partial charge in [0.05, 0.1) is 14.2 Å². The fourth-order valence-corrected chi connectivity index (χ4v) is 3.84. The maximum atomic E-state index is 12.6. The van der Waals surface area contributed by atoms with Crippen LogP contribution >= 0.6 is 0 Å². The Morgan fingerprint density at radius 1 is 0.550 bits per heavy atom. The molecule has 0 saturated carbocycles. The molecule has 0 heterocycles. The lowest BCUT2D eigenvalue weighted by atomic mass is 10.1. The van der Waals surface area contributed by atoms with Crippen molar-refractivity contribution in [3.8, 4) is 23.0 Å². The molecule has 0 saturated heterocycles. The van der Waals surface area contributed by atoms with E-state index in [0.29, 0.717) is 47.3 Å². The topological polar surface area (TPSA) is 71.1 Å². The second-order valence-electron chi connectivity index (χ2n) is 8.62. The van der Waals surface area contributed by atoms with Gasteiger partial charge in [-0.1, -0.05) is 36.4 Å². The molecule has 4 rings (SSSR count). The molecule has 202 valence electrons. The molecule has 0 N–H and O–H groups in total. The average Bonchev–Trinajstić information content (AvgIpc) is 3.01. The van der Waals surface area contributed by atoms with Gasteiger partial charge in [0.2, 0.25) is 0 Å². The third-order valence-electron chi connectivity index (χ3n) is 6.01. The van der Waals surface area contributed by atoms with E-state index in [1.54, 1.807) is 74.9 Å². The van der Waals surface area contributed by atoms with E-state index in [1.165, 1.54) is 12.2 Å². The first-order valence-electron chi connectivity index (χ1n) is 12.7. The van der Waals surface area contributed by atoms with Gasteiger partial charge in [0.25, 0.3) is 0 Å². The van der Waals surface area contributed by atoms with E-state index in [4.69, 9.17) is 18.9 Å². The highest BCUT2D eigenvalue weighted by molar-refractivity contribution is 6.07. The zero-order chi connectivity index (χ0) is 28.2. The molecule has 0 atom stereocenters. The zero-order valence-corrected chi connectivity index (χ0v) is 22.4. The normalized spacial score (nSPS) is 10.9. The number of para-hydroxylation sites is 2. The van der Waals surface area contributed by atoms with E-state index in [1.807, 2.05) is 48.5 Å². The number of allylic oxidation sites excluding steroid dienone is 2. The van der Waals surface area contributed by atoms with Gasteiger partial charge in [0.15, 0.2) is 11.6 Å². The van der Waals surface area contributed by atoms with Crippen LogP contribution in [0.15, 0.2) is 109 Å². The number of benzene rings is 4. The van der Waals surface area contributed by atoms with Gasteiger partial charge in [-0.15, -0.1) is 0 Å². The highest BCUT2D eigenvalue weighted by Gasteiger charge is 2.07. The number of methoxy groups -OCH3 is 2. The van der Waals surface area contributed by atoms with Crippen LogP contribution in [0.5, 0.6) is 23.0 Å². The highest BCUT2D eigenvalue weighted by atomic mass is 16.5. The third kappa shape index (κ3) is 7.71. The van der Waals surface area contributed by atoms with Gasteiger partial charge in [-0.2, -0.15) is 0 Å². The van der Waals surface area contributed by atoms with Crippen molar-refractivity contribution in [3.63, 3.8) is 0 Å². The predicted molar refractivity (Wildman–Crippen MR) is 157 cm³/mol. The summed E-state index contributed by atoms with van der Waals surface area (Å²) in [6, 6.07) is 28.9. The molecule has 40 heavy (non-hydrogen) atoms. The molecule has 4 aromatic rings. The monoisotopic (exact) mass is 534 g/mol. The molecule has 0 unspecified atom stereocenters. The number of ether oxygens (including phenoxy) is 4. The van der Waals surface area contributed by atoms with Crippen LogP contribution in [0.25, 0.3) is 12.2 Å². The highest BCUT2D eigenvalue weighted by Crippen LogP contribution is 2.22. The van der Waals surface area contributed by atoms with Crippen LogP contribution in [0, 0.1) is 0 Å². The van der Waals surface area contributed by atoms with Crippen molar-refractivity contribution in [2.45, 2.75) is 0 Å². The molecule has 0 aliphatic rings. The van der Waals surface area contributed by atoms with Crippen molar-refractivity contribution in [3.05, 3.63) is 131 Å². The van der Waals surface area contributed by atoms with E-state index in [0.717, 1.165) is 11.1 Å². The standard InChI is InChI=1S/C34H30O6/c1-37-29-17-11-25(12-18-29)31(35)21-15-27-7-3-5-9-33(27)39-23-24-40-34-10-6-4-8-28(34)16-22-32(36)26-13-19-30(38-2)20-14-26/h3-22H,23-24H2,1-2H3/b21-15+,22-16+. The largest absolute Gasteiger partial charge is 0.497 e. The van der Waals surface area contributed by atoms with Gasteiger partial charge in [0.1, 0.15) is 36.2 Å². The average molecular weight is 535 g/mol. The molecular formula is C34H30O6. The Balaban J connectivity index is 1.33. The van der Waals surface area contributed by atoms with Crippen molar-refractivity contribution in [2.24, 2.45) is 0 Å². The molecule has 0 fully saturated rings. The maximum Gasteiger partial charge on any atom is 0.185 e. The predicted octanol–water partition coefficient (Wildman–Crippen LogP) is 6.95. The van der Waals surface area contributed by atoms with E-state index >= 15 is 0 Å². The van der Waals surface area contributed by atoms with Crippen LogP contribution in [0.4, 0.5) is 0 Å². The Morgan fingerprint density at radius 3 is 1.30 bits per heavy atom. The number of hydrogen-bond acceptors (Lipinski definition) is 6. The minimum absolute atomic E-state index is 0.115. The first kappa shape index (κ1) is 27.9. The third-order valence-corrected chi connectivity index (χ3v) is 6.01. The summed E-state index contributed by atoms with van der Waals surface area (Å²) in [5.74, 6) is 2.45. The molecule has 0 amide bonds. The van der Waals surface area contributed by atoms with E-state index in [9.17, 15) is 9.59 Å². The van der Waals surface area contributed by atoms with Crippen LogP contribution in [-0.4, -0.2) is 39.0 Å². The Hall–Kier alpha value is -5.10. The molecule has 6 heteroatoms. The van der Waals surface area contributed by atoms with Crippen molar-refractivity contribution in [2.75, 3.05) is 27.4 Å². The van der Waals surface area contributed by atoms with Gasteiger partial charge in [-0.25, -0.2) is 0 Å². The number of carbonyl (C=O) groups excluding carboxylic acids is 2. The number of carbonyl (C=O) groups is 2. The number of rotatable bonds is 13. The molecule has 4 aromatic carbocycles. The molecule has 6 nitrogen and oxygen atoms in total. The minimum Gasteiger partial charge on any atom is -0.497 e. The zero-order valence-electron chi connectivity index (χ0n) is 22.4. The molecule has 0 aromatic heterocycles. The molecule has 0 bridgehead atoms. The van der Waals surface area contributed by atoms with Crippen LogP contribution in [-0.2, 0) is 0 Å². The fourth-order valence-electron chi connectivity index (χ4n) is 3.84. The lowest BCUT2D eigenvalue weighted by molar-refractivity contribution is 0.103. The molecular weight excluding hydrogens is 504 g/mol. The number of ketones is 2. The molecule has 0 radical (unpaired) electrons. The lowest BCUT2D eigenvalue weighted by Crippen LogP contribution is -2.10. The van der Waals surface area contributed by atoms with E-state index in [2.05, 4.69) is 0 Å². The summed E-state index contributed by atoms with van der Waals surface area (Å²) in [5, 5.41) is 0. The molecule has 0 aliphatic heterocycles. The summed E-state index contributed by atoms with van der Waals surface area (Å²) in [6.07, 6.45) is 6.53. The number of hydrogen-bond donors (Lipinski definition) is 0. The van der Waals surface area contributed by atoms with E-state index < -0.39 is 0 Å². The van der Waals surface area contributed by atoms with Crippen molar-refractivity contribution in [1.29, 1.82) is 0 Å². The van der Waals surface area contributed by atoms with Crippen LogP contribution in [0.2, 0.25) is 0 Å². The summed E-state index contributed by atoms with van der Waals surface area (Å²) in [7, 11) is 3.17. The summed E-state index contributed by atoms with van der Waals surface area (Å²) in [6.45, 7) is 0.584. The lowest BCUT2D eigenvalue weighted by Gasteiger charge is -2.12. The molecule has 0 aliphatic carbocycles.